The summed E-state index contributed by atoms with van der Waals surface area (Å²) in [5.74, 6) is 0.0366. The van der Waals surface area contributed by atoms with Crippen LogP contribution in [0, 0.1) is 6.92 Å². The van der Waals surface area contributed by atoms with E-state index in [4.69, 9.17) is 0 Å². The third-order valence-corrected chi connectivity index (χ3v) is 4.85. The number of thioether (sulfide) groups is 1. The lowest BCUT2D eigenvalue weighted by Gasteiger charge is -2.08. The van der Waals surface area contributed by atoms with Gasteiger partial charge in [-0.2, -0.15) is 0 Å². The first-order chi connectivity index (χ1) is 12.0. The second-order valence-electron chi connectivity index (χ2n) is 5.82. The fourth-order valence-corrected chi connectivity index (χ4v) is 3.23. The molecule has 0 aliphatic rings. The average Bonchev–Trinajstić information content (AvgIpc) is 2.63. The van der Waals surface area contributed by atoms with E-state index in [0.29, 0.717) is 11.6 Å². The van der Waals surface area contributed by atoms with Crippen LogP contribution in [0.3, 0.4) is 0 Å². The summed E-state index contributed by atoms with van der Waals surface area (Å²) in [6.07, 6.45) is 0. The minimum Gasteiger partial charge on any atom is -0.351 e. The van der Waals surface area contributed by atoms with Gasteiger partial charge in [0.15, 0.2) is 5.03 Å². The lowest BCUT2D eigenvalue weighted by atomic mass is 10.1. The third-order valence-electron chi connectivity index (χ3n) is 3.90. The highest BCUT2D eigenvalue weighted by Gasteiger charge is 2.11. The van der Waals surface area contributed by atoms with Gasteiger partial charge in [0.1, 0.15) is 0 Å². The van der Waals surface area contributed by atoms with Gasteiger partial charge in [-0.1, -0.05) is 53.7 Å². The number of aryl methyl sites for hydroxylation is 2. The standard InChI is InChI=1S/C19H19N3O2S/c1-13-7-9-14(10-8-13)11-20-17(23)12-25-18-19(24)22(2)16-6-4-3-5-15(16)21-18/h3-10H,11-12H2,1-2H3,(H,20,23). The number of hydrogen-bond acceptors (Lipinski definition) is 4. The first-order valence-electron chi connectivity index (χ1n) is 7.95. The molecule has 0 aliphatic heterocycles. The summed E-state index contributed by atoms with van der Waals surface area (Å²) in [6, 6.07) is 15.5. The minimum absolute atomic E-state index is 0.123. The second-order valence-corrected chi connectivity index (χ2v) is 6.78. The highest BCUT2D eigenvalue weighted by Crippen LogP contribution is 2.15. The number of fused-ring (bicyclic) bond motifs is 1. The predicted octanol–water partition coefficient (Wildman–Crippen LogP) is 2.65. The molecule has 1 amide bonds. The summed E-state index contributed by atoms with van der Waals surface area (Å²) in [5, 5.41) is 3.20. The molecule has 0 fully saturated rings. The van der Waals surface area contributed by atoms with Gasteiger partial charge in [0.25, 0.3) is 5.56 Å². The Morgan fingerprint density at radius 1 is 1.16 bits per heavy atom. The Hall–Kier alpha value is -2.60. The molecule has 1 N–H and O–H groups in total. The Bertz CT molecular complexity index is 965. The smallest absolute Gasteiger partial charge is 0.283 e. The molecular formula is C19H19N3O2S. The third kappa shape index (κ3) is 4.09. The highest BCUT2D eigenvalue weighted by atomic mass is 32.2. The number of rotatable bonds is 5. The number of para-hydroxylation sites is 2. The Kier molecular flexibility index (Phi) is 5.19. The Labute approximate surface area is 150 Å². The lowest BCUT2D eigenvalue weighted by molar-refractivity contribution is -0.118. The van der Waals surface area contributed by atoms with E-state index in [1.807, 2.05) is 55.5 Å². The van der Waals surface area contributed by atoms with Gasteiger partial charge in [-0.15, -0.1) is 0 Å². The van der Waals surface area contributed by atoms with E-state index >= 15 is 0 Å². The normalized spacial score (nSPS) is 10.8. The highest BCUT2D eigenvalue weighted by molar-refractivity contribution is 7.99. The van der Waals surface area contributed by atoms with Gasteiger partial charge in [0.2, 0.25) is 5.91 Å². The maximum absolute atomic E-state index is 12.4. The number of hydrogen-bond donors (Lipinski definition) is 1. The Morgan fingerprint density at radius 3 is 2.64 bits per heavy atom. The molecule has 6 heteroatoms. The van der Waals surface area contributed by atoms with Crippen molar-refractivity contribution in [3.05, 3.63) is 70.0 Å². The van der Waals surface area contributed by atoms with Gasteiger partial charge in [-0.25, -0.2) is 4.98 Å². The van der Waals surface area contributed by atoms with E-state index < -0.39 is 0 Å². The van der Waals surface area contributed by atoms with Gasteiger partial charge in [-0.3, -0.25) is 9.59 Å². The number of carbonyl (C=O) groups is 1. The molecule has 0 bridgehead atoms. The molecule has 0 aliphatic carbocycles. The van der Waals surface area contributed by atoms with Crippen LogP contribution in [-0.4, -0.2) is 21.2 Å². The number of aromatic nitrogens is 2. The maximum Gasteiger partial charge on any atom is 0.283 e. The van der Waals surface area contributed by atoms with Crippen molar-refractivity contribution in [2.24, 2.45) is 7.05 Å². The summed E-state index contributed by atoms with van der Waals surface area (Å²) in [7, 11) is 1.72. The van der Waals surface area contributed by atoms with Crippen molar-refractivity contribution in [2.75, 3.05) is 5.75 Å². The van der Waals surface area contributed by atoms with Crippen LogP contribution < -0.4 is 10.9 Å². The van der Waals surface area contributed by atoms with Gasteiger partial charge in [0.05, 0.1) is 16.8 Å². The first kappa shape index (κ1) is 17.2. The molecule has 0 saturated heterocycles. The van der Waals surface area contributed by atoms with E-state index in [-0.39, 0.29) is 17.2 Å². The molecule has 5 nitrogen and oxygen atoms in total. The first-order valence-corrected chi connectivity index (χ1v) is 8.94. The number of amides is 1. The fraction of sp³-hybridized carbons (Fsp3) is 0.211. The molecule has 128 valence electrons. The topological polar surface area (TPSA) is 64.0 Å². The lowest BCUT2D eigenvalue weighted by Crippen LogP contribution is -2.26. The molecule has 2 aromatic carbocycles. The molecule has 3 aromatic rings. The fourth-order valence-electron chi connectivity index (χ4n) is 2.44. The molecule has 0 spiro atoms. The molecule has 0 unspecified atom stereocenters. The van der Waals surface area contributed by atoms with E-state index in [9.17, 15) is 9.59 Å². The molecule has 1 heterocycles. The zero-order chi connectivity index (χ0) is 17.8. The quantitative estimate of drug-likeness (QED) is 0.716. The minimum atomic E-state index is -0.185. The van der Waals surface area contributed by atoms with Crippen LogP contribution in [0.1, 0.15) is 11.1 Å². The predicted molar refractivity (Wildman–Crippen MR) is 101 cm³/mol. The zero-order valence-electron chi connectivity index (χ0n) is 14.2. The van der Waals surface area contributed by atoms with Crippen LogP contribution in [0.25, 0.3) is 11.0 Å². The van der Waals surface area contributed by atoms with E-state index in [2.05, 4.69) is 10.3 Å². The van der Waals surface area contributed by atoms with Crippen LogP contribution >= 0.6 is 11.8 Å². The van der Waals surface area contributed by atoms with Crippen LogP contribution in [0.2, 0.25) is 0 Å². The van der Waals surface area contributed by atoms with Crippen molar-refractivity contribution in [3.63, 3.8) is 0 Å². The van der Waals surface area contributed by atoms with E-state index in [1.165, 1.54) is 17.3 Å². The molecule has 25 heavy (non-hydrogen) atoms. The number of nitrogens with zero attached hydrogens (tertiary/aromatic N) is 2. The molecule has 3 rings (SSSR count). The van der Waals surface area contributed by atoms with Gasteiger partial charge < -0.3 is 9.88 Å². The van der Waals surface area contributed by atoms with Gasteiger partial charge in [0, 0.05) is 13.6 Å². The van der Waals surface area contributed by atoms with E-state index in [0.717, 1.165) is 16.6 Å². The zero-order valence-corrected chi connectivity index (χ0v) is 15.0. The monoisotopic (exact) mass is 353 g/mol. The van der Waals surface area contributed by atoms with Crippen LogP contribution in [0.5, 0.6) is 0 Å². The van der Waals surface area contributed by atoms with Gasteiger partial charge >= 0.3 is 0 Å². The molecule has 1 aromatic heterocycles. The van der Waals surface area contributed by atoms with Crippen molar-refractivity contribution < 1.29 is 4.79 Å². The summed E-state index contributed by atoms with van der Waals surface area (Å²) in [4.78, 5) is 28.8. The summed E-state index contributed by atoms with van der Waals surface area (Å²) in [6.45, 7) is 2.50. The van der Waals surface area contributed by atoms with Crippen molar-refractivity contribution in [3.8, 4) is 0 Å². The van der Waals surface area contributed by atoms with Crippen molar-refractivity contribution >= 4 is 28.7 Å². The van der Waals surface area contributed by atoms with Crippen molar-refractivity contribution in [1.29, 1.82) is 0 Å². The van der Waals surface area contributed by atoms with Crippen LogP contribution in [0.4, 0.5) is 0 Å². The number of carbonyl (C=O) groups excluding carboxylic acids is 1. The Morgan fingerprint density at radius 2 is 1.88 bits per heavy atom. The van der Waals surface area contributed by atoms with Crippen molar-refractivity contribution in [1.82, 2.24) is 14.9 Å². The van der Waals surface area contributed by atoms with Crippen LogP contribution in [-0.2, 0) is 18.4 Å². The van der Waals surface area contributed by atoms with E-state index in [1.54, 1.807) is 11.6 Å². The number of benzene rings is 2. The maximum atomic E-state index is 12.4. The average molecular weight is 353 g/mol. The molecule has 0 radical (unpaired) electrons. The number of nitrogens with one attached hydrogen (secondary N) is 1. The largest absolute Gasteiger partial charge is 0.351 e. The molecule has 0 saturated carbocycles. The van der Waals surface area contributed by atoms with Crippen LogP contribution in [0.15, 0.2) is 58.4 Å². The summed E-state index contributed by atoms with van der Waals surface area (Å²) in [5.41, 5.74) is 3.57. The summed E-state index contributed by atoms with van der Waals surface area (Å²) >= 11 is 1.17. The summed E-state index contributed by atoms with van der Waals surface area (Å²) < 4.78 is 1.56. The SMILES string of the molecule is Cc1ccc(CNC(=O)CSc2nc3ccccc3n(C)c2=O)cc1. The Balaban J connectivity index is 1.64. The van der Waals surface area contributed by atoms with Crippen molar-refractivity contribution in [2.45, 2.75) is 18.5 Å². The second kappa shape index (κ2) is 7.53. The van der Waals surface area contributed by atoms with Gasteiger partial charge in [-0.05, 0) is 24.6 Å². The molecule has 0 atom stereocenters. The molecular weight excluding hydrogens is 334 g/mol.